The minimum atomic E-state index is -0.0906. The highest BCUT2D eigenvalue weighted by molar-refractivity contribution is 9.10. The van der Waals surface area contributed by atoms with Gasteiger partial charge in [0.25, 0.3) is 0 Å². The molecule has 0 aliphatic carbocycles. The number of anilines is 1. The van der Waals surface area contributed by atoms with E-state index >= 15 is 0 Å². The first kappa shape index (κ1) is 19.9. The first-order valence-corrected chi connectivity index (χ1v) is 10.4. The van der Waals surface area contributed by atoms with Crippen molar-refractivity contribution < 1.29 is 4.79 Å². The number of amides is 1. The number of nitrogens with zero attached hydrogens (tertiary/aromatic N) is 3. The number of thioether (sulfide) groups is 1. The lowest BCUT2D eigenvalue weighted by Gasteiger charge is -2.11. The Hall–Kier alpha value is -1.83. The molecular formula is C19H18BrClN4OS. The highest BCUT2D eigenvalue weighted by atomic mass is 79.9. The lowest BCUT2D eigenvalue weighted by Crippen LogP contribution is -2.15. The average Bonchev–Trinajstić information content (AvgIpc) is 3.01. The molecule has 0 spiro atoms. The molecule has 140 valence electrons. The summed E-state index contributed by atoms with van der Waals surface area (Å²) in [5, 5.41) is 12.6. The van der Waals surface area contributed by atoms with Crippen LogP contribution in [0.1, 0.15) is 11.1 Å². The molecule has 0 unspecified atom stereocenters. The molecule has 3 aromatic rings. The molecular weight excluding hydrogens is 448 g/mol. The molecule has 0 saturated carbocycles. The average molecular weight is 466 g/mol. The molecule has 0 radical (unpaired) electrons. The fourth-order valence-corrected chi connectivity index (χ4v) is 3.92. The Morgan fingerprint density at radius 1 is 1.19 bits per heavy atom. The Kier molecular flexibility index (Phi) is 6.24. The van der Waals surface area contributed by atoms with Crippen LogP contribution in [0.5, 0.6) is 0 Å². The molecule has 0 atom stereocenters. The summed E-state index contributed by atoms with van der Waals surface area (Å²) in [6.45, 7) is 4.00. The fraction of sp³-hybridized carbons (Fsp3) is 0.211. The number of hydrogen-bond donors (Lipinski definition) is 1. The summed E-state index contributed by atoms with van der Waals surface area (Å²) in [6, 6.07) is 11.3. The number of carbonyl (C=O) groups is 1. The van der Waals surface area contributed by atoms with Crippen LogP contribution in [0.3, 0.4) is 0 Å². The quantitative estimate of drug-likeness (QED) is 0.523. The molecule has 0 aliphatic rings. The van der Waals surface area contributed by atoms with Crippen molar-refractivity contribution in [2.45, 2.75) is 19.0 Å². The number of carbonyl (C=O) groups excluding carboxylic acids is 1. The van der Waals surface area contributed by atoms with Gasteiger partial charge in [0.15, 0.2) is 11.0 Å². The van der Waals surface area contributed by atoms with Crippen molar-refractivity contribution >= 4 is 50.9 Å². The fourth-order valence-electron chi connectivity index (χ4n) is 2.56. The van der Waals surface area contributed by atoms with Gasteiger partial charge in [-0.3, -0.25) is 4.79 Å². The summed E-state index contributed by atoms with van der Waals surface area (Å²) in [6.07, 6.45) is 0. The summed E-state index contributed by atoms with van der Waals surface area (Å²) in [7, 11) is 1.86. The van der Waals surface area contributed by atoms with Gasteiger partial charge in [0.05, 0.1) is 10.8 Å². The molecule has 1 amide bonds. The monoisotopic (exact) mass is 464 g/mol. The zero-order valence-corrected chi connectivity index (χ0v) is 18.2. The van der Waals surface area contributed by atoms with Crippen molar-refractivity contribution in [2.75, 3.05) is 11.1 Å². The van der Waals surface area contributed by atoms with Gasteiger partial charge in [-0.15, -0.1) is 10.2 Å². The second-order valence-electron chi connectivity index (χ2n) is 6.03. The van der Waals surface area contributed by atoms with Crippen LogP contribution in [0.15, 0.2) is 46.0 Å². The normalized spacial score (nSPS) is 10.9. The van der Waals surface area contributed by atoms with Crippen molar-refractivity contribution in [1.82, 2.24) is 14.8 Å². The Morgan fingerprint density at radius 3 is 2.67 bits per heavy atom. The van der Waals surface area contributed by atoms with Crippen molar-refractivity contribution in [3.8, 4) is 11.4 Å². The van der Waals surface area contributed by atoms with Crippen LogP contribution in [0.2, 0.25) is 5.02 Å². The van der Waals surface area contributed by atoms with Crippen LogP contribution in [-0.2, 0) is 11.8 Å². The van der Waals surface area contributed by atoms with E-state index in [2.05, 4.69) is 31.4 Å². The number of aromatic nitrogens is 3. The van der Waals surface area contributed by atoms with E-state index in [-0.39, 0.29) is 11.7 Å². The van der Waals surface area contributed by atoms with Crippen LogP contribution >= 0.6 is 39.3 Å². The van der Waals surface area contributed by atoms with Gasteiger partial charge >= 0.3 is 0 Å². The van der Waals surface area contributed by atoms with E-state index < -0.39 is 0 Å². The Balaban J connectivity index is 1.68. The van der Waals surface area contributed by atoms with Crippen molar-refractivity contribution in [3.63, 3.8) is 0 Å². The van der Waals surface area contributed by atoms with E-state index in [1.54, 1.807) is 0 Å². The van der Waals surface area contributed by atoms with Crippen molar-refractivity contribution in [2.24, 2.45) is 7.05 Å². The summed E-state index contributed by atoms with van der Waals surface area (Å²) in [5.74, 6) is 0.818. The molecule has 0 fully saturated rings. The van der Waals surface area contributed by atoms with Crippen LogP contribution < -0.4 is 5.32 Å². The van der Waals surface area contributed by atoms with Crippen LogP contribution in [0, 0.1) is 13.8 Å². The molecule has 3 rings (SSSR count). The maximum absolute atomic E-state index is 12.4. The summed E-state index contributed by atoms with van der Waals surface area (Å²) >= 11 is 11.1. The Bertz CT molecular complexity index is 1010. The topological polar surface area (TPSA) is 59.8 Å². The third-order valence-electron chi connectivity index (χ3n) is 4.28. The van der Waals surface area contributed by atoms with E-state index in [1.807, 2.05) is 61.9 Å². The van der Waals surface area contributed by atoms with Gasteiger partial charge < -0.3 is 9.88 Å². The summed E-state index contributed by atoms with van der Waals surface area (Å²) in [5.41, 5.74) is 3.78. The highest BCUT2D eigenvalue weighted by Gasteiger charge is 2.15. The number of nitrogens with one attached hydrogen (secondary N) is 1. The molecule has 1 heterocycles. The minimum absolute atomic E-state index is 0.0906. The highest BCUT2D eigenvalue weighted by Crippen LogP contribution is 2.29. The van der Waals surface area contributed by atoms with Gasteiger partial charge in [-0.2, -0.15) is 0 Å². The second-order valence-corrected chi connectivity index (χ2v) is 8.23. The molecule has 2 aromatic carbocycles. The number of benzene rings is 2. The zero-order valence-electron chi connectivity index (χ0n) is 15.1. The first-order chi connectivity index (χ1) is 12.9. The molecule has 1 aromatic heterocycles. The van der Waals surface area contributed by atoms with E-state index in [4.69, 9.17) is 11.6 Å². The molecule has 0 saturated heterocycles. The van der Waals surface area contributed by atoms with E-state index in [0.29, 0.717) is 16.0 Å². The summed E-state index contributed by atoms with van der Waals surface area (Å²) in [4.78, 5) is 12.4. The molecule has 27 heavy (non-hydrogen) atoms. The van der Waals surface area contributed by atoms with E-state index in [0.717, 1.165) is 26.9 Å². The van der Waals surface area contributed by atoms with Crippen LogP contribution in [0.4, 0.5) is 5.69 Å². The van der Waals surface area contributed by atoms with E-state index in [9.17, 15) is 4.79 Å². The third kappa shape index (κ3) is 4.36. The first-order valence-electron chi connectivity index (χ1n) is 8.21. The maximum atomic E-state index is 12.4. The van der Waals surface area contributed by atoms with Crippen molar-refractivity contribution in [1.29, 1.82) is 0 Å². The molecule has 8 heteroatoms. The van der Waals surface area contributed by atoms with Crippen LogP contribution in [-0.4, -0.2) is 26.4 Å². The molecule has 1 N–H and O–H groups in total. The van der Waals surface area contributed by atoms with Gasteiger partial charge in [0, 0.05) is 22.8 Å². The number of hydrogen-bond acceptors (Lipinski definition) is 4. The van der Waals surface area contributed by atoms with Gasteiger partial charge in [-0.05, 0) is 49.2 Å². The predicted octanol–water partition coefficient (Wildman–Crippen LogP) is 5.25. The largest absolute Gasteiger partial charge is 0.325 e. The third-order valence-corrected chi connectivity index (χ3v) is 6.49. The number of halogens is 2. The molecule has 0 bridgehead atoms. The Morgan fingerprint density at radius 2 is 1.93 bits per heavy atom. The lowest BCUT2D eigenvalue weighted by atomic mass is 10.1. The maximum Gasteiger partial charge on any atom is 0.234 e. The van der Waals surface area contributed by atoms with Gasteiger partial charge in [0.1, 0.15) is 0 Å². The zero-order chi connectivity index (χ0) is 19.6. The minimum Gasteiger partial charge on any atom is -0.325 e. The second kappa shape index (κ2) is 8.46. The van der Waals surface area contributed by atoms with Gasteiger partial charge in [-0.25, -0.2) is 0 Å². The SMILES string of the molecule is Cc1c(Br)ccc(NC(=O)CSc2nnc(-c3ccccc3Cl)n2C)c1C. The molecule has 0 aliphatic heterocycles. The Labute approximate surface area is 175 Å². The van der Waals surface area contributed by atoms with Gasteiger partial charge in [0.2, 0.25) is 5.91 Å². The molecule has 5 nitrogen and oxygen atoms in total. The van der Waals surface area contributed by atoms with E-state index in [1.165, 1.54) is 11.8 Å². The smallest absolute Gasteiger partial charge is 0.234 e. The summed E-state index contributed by atoms with van der Waals surface area (Å²) < 4.78 is 2.87. The standard InChI is InChI=1S/C19H18BrClN4OS/c1-11-12(2)16(9-8-14(11)20)22-17(26)10-27-19-24-23-18(25(19)3)13-6-4-5-7-15(13)21/h4-9H,10H2,1-3H3,(H,22,26). The van der Waals surface area contributed by atoms with Gasteiger partial charge in [-0.1, -0.05) is 51.4 Å². The lowest BCUT2D eigenvalue weighted by molar-refractivity contribution is -0.113. The number of rotatable bonds is 5. The van der Waals surface area contributed by atoms with Crippen molar-refractivity contribution in [3.05, 3.63) is 57.0 Å². The van der Waals surface area contributed by atoms with Crippen LogP contribution in [0.25, 0.3) is 11.4 Å². The predicted molar refractivity (Wildman–Crippen MR) is 114 cm³/mol.